The van der Waals surface area contributed by atoms with E-state index >= 15 is 0 Å². The normalized spacial score (nSPS) is 13.1. The molecule has 5 rings (SSSR count). The Morgan fingerprint density at radius 1 is 1.03 bits per heavy atom. The van der Waals surface area contributed by atoms with Crippen molar-refractivity contribution in [2.24, 2.45) is 0 Å². The van der Waals surface area contributed by atoms with Gasteiger partial charge in [0.1, 0.15) is 0 Å². The highest BCUT2D eigenvalue weighted by atomic mass is 35.5. The third kappa shape index (κ3) is 5.05. The number of hydrogen-bond acceptors (Lipinski definition) is 6. The first-order valence-electron chi connectivity index (χ1n) is 11.1. The van der Waals surface area contributed by atoms with E-state index in [1.165, 1.54) is 11.8 Å². The Hall–Kier alpha value is -2.94. The highest BCUT2D eigenvalue weighted by Crippen LogP contribution is 2.31. The van der Waals surface area contributed by atoms with Gasteiger partial charge in [0.15, 0.2) is 10.9 Å². The molecule has 0 unspecified atom stereocenters. The summed E-state index contributed by atoms with van der Waals surface area (Å²) in [4.78, 5) is 24.6. The van der Waals surface area contributed by atoms with Gasteiger partial charge in [-0.3, -0.25) is 4.79 Å². The molecule has 1 aliphatic heterocycles. The molecule has 0 spiro atoms. The summed E-state index contributed by atoms with van der Waals surface area (Å²) in [5.41, 5.74) is 5.38. The van der Waals surface area contributed by atoms with E-state index in [-0.39, 0.29) is 11.6 Å². The van der Waals surface area contributed by atoms with Crippen LogP contribution in [0.4, 0.5) is 5.69 Å². The van der Waals surface area contributed by atoms with Gasteiger partial charge >= 0.3 is 0 Å². The highest BCUT2D eigenvalue weighted by molar-refractivity contribution is 7.98. The molecule has 2 aromatic heterocycles. The number of aryl methyl sites for hydroxylation is 3. The number of amides is 1. The van der Waals surface area contributed by atoms with Gasteiger partial charge in [-0.15, -0.1) is 5.10 Å². The van der Waals surface area contributed by atoms with Crippen LogP contribution >= 0.6 is 35.0 Å². The predicted molar refractivity (Wildman–Crippen MR) is 139 cm³/mol. The number of anilines is 1. The van der Waals surface area contributed by atoms with Gasteiger partial charge in [-0.25, -0.2) is 14.6 Å². The molecule has 178 valence electrons. The Kier molecular flexibility index (Phi) is 6.77. The van der Waals surface area contributed by atoms with Crippen molar-refractivity contribution in [1.29, 1.82) is 0 Å². The second-order valence-corrected chi connectivity index (χ2v) is 10.2. The zero-order chi connectivity index (χ0) is 24.5. The zero-order valence-electron chi connectivity index (χ0n) is 19.2. The molecular formula is C25H22Cl2N6OS. The van der Waals surface area contributed by atoms with E-state index in [2.05, 4.69) is 26.3 Å². The molecule has 0 bridgehead atoms. The van der Waals surface area contributed by atoms with Crippen molar-refractivity contribution < 1.29 is 4.79 Å². The van der Waals surface area contributed by atoms with Crippen LogP contribution in [0.1, 0.15) is 39.6 Å². The van der Waals surface area contributed by atoms with Crippen molar-refractivity contribution in [3.05, 3.63) is 86.9 Å². The summed E-state index contributed by atoms with van der Waals surface area (Å²) in [5, 5.41) is 10.2. The lowest BCUT2D eigenvalue weighted by molar-refractivity contribution is 0.0979. The van der Waals surface area contributed by atoms with Crippen LogP contribution in [-0.4, -0.2) is 37.4 Å². The lowest BCUT2D eigenvalue weighted by Gasteiger charge is -2.29. The molecule has 2 aromatic carbocycles. The van der Waals surface area contributed by atoms with E-state index < -0.39 is 0 Å². The van der Waals surface area contributed by atoms with Crippen LogP contribution in [-0.2, 0) is 12.2 Å². The molecule has 0 N–H and O–H groups in total. The minimum atomic E-state index is -0.187. The number of aromatic nitrogens is 5. The maximum Gasteiger partial charge on any atom is 0.280 e. The van der Waals surface area contributed by atoms with Gasteiger partial charge in [0.25, 0.3) is 5.91 Å². The first kappa shape index (κ1) is 23.8. The van der Waals surface area contributed by atoms with E-state index in [0.29, 0.717) is 38.9 Å². The van der Waals surface area contributed by atoms with Gasteiger partial charge in [-0.2, -0.15) is 0 Å². The number of fused-ring (bicyclic) bond motifs is 1. The lowest BCUT2D eigenvalue weighted by atomic mass is 10.0. The van der Waals surface area contributed by atoms with Gasteiger partial charge < -0.3 is 4.90 Å². The molecular weight excluding hydrogens is 503 g/mol. The van der Waals surface area contributed by atoms with Crippen molar-refractivity contribution in [2.45, 2.75) is 37.6 Å². The average molecular weight is 525 g/mol. The molecule has 7 nitrogen and oxygen atoms in total. The molecule has 0 fully saturated rings. The average Bonchev–Trinajstić information content (AvgIpc) is 3.25. The molecule has 0 aliphatic carbocycles. The molecule has 10 heteroatoms. The van der Waals surface area contributed by atoms with Crippen molar-refractivity contribution >= 4 is 46.6 Å². The minimum Gasteiger partial charge on any atom is -0.307 e. The molecule has 4 aromatic rings. The second kappa shape index (κ2) is 9.97. The maximum atomic E-state index is 13.8. The number of carbonyl (C=O) groups is 1. The van der Waals surface area contributed by atoms with Gasteiger partial charge in [0.05, 0.1) is 11.4 Å². The third-order valence-electron chi connectivity index (χ3n) is 5.71. The van der Waals surface area contributed by atoms with E-state index in [1.54, 1.807) is 27.8 Å². The fourth-order valence-corrected chi connectivity index (χ4v) is 5.69. The fourth-order valence-electron chi connectivity index (χ4n) is 4.23. The highest BCUT2D eigenvalue weighted by Gasteiger charge is 2.29. The van der Waals surface area contributed by atoms with Crippen molar-refractivity contribution in [2.75, 3.05) is 11.4 Å². The molecule has 3 heterocycles. The fraction of sp³-hybridized carbons (Fsp3) is 0.240. The van der Waals surface area contributed by atoms with Crippen LogP contribution in [0, 0.1) is 13.8 Å². The maximum absolute atomic E-state index is 13.8. The number of benzene rings is 2. The van der Waals surface area contributed by atoms with E-state index in [1.807, 2.05) is 38.1 Å². The topological polar surface area (TPSA) is 76.8 Å². The van der Waals surface area contributed by atoms with Crippen molar-refractivity contribution in [3.63, 3.8) is 0 Å². The summed E-state index contributed by atoms with van der Waals surface area (Å²) in [7, 11) is 0. The summed E-state index contributed by atoms with van der Waals surface area (Å²) < 4.78 is 1.62. The van der Waals surface area contributed by atoms with Crippen LogP contribution in [0.25, 0.3) is 5.69 Å². The molecule has 1 amide bonds. The smallest absolute Gasteiger partial charge is 0.280 e. The van der Waals surface area contributed by atoms with Crippen molar-refractivity contribution in [3.8, 4) is 5.69 Å². The van der Waals surface area contributed by atoms with Crippen LogP contribution in [0.15, 0.2) is 53.7 Å². The largest absolute Gasteiger partial charge is 0.307 e. The van der Waals surface area contributed by atoms with E-state index in [0.717, 1.165) is 35.5 Å². The first-order valence-corrected chi connectivity index (χ1v) is 12.9. The number of nitrogens with zero attached hydrogens (tertiary/aromatic N) is 6. The van der Waals surface area contributed by atoms with Gasteiger partial charge in [-0.1, -0.05) is 58.4 Å². The monoisotopic (exact) mass is 524 g/mol. The van der Waals surface area contributed by atoms with Crippen LogP contribution in [0.2, 0.25) is 10.0 Å². The van der Waals surface area contributed by atoms with Crippen LogP contribution in [0.5, 0.6) is 0 Å². The number of hydrogen-bond donors (Lipinski definition) is 0. The number of para-hydroxylation sites is 1. The quantitative estimate of drug-likeness (QED) is 0.240. The van der Waals surface area contributed by atoms with Crippen LogP contribution in [0.3, 0.4) is 0 Å². The van der Waals surface area contributed by atoms with Gasteiger partial charge in [-0.05, 0) is 62.6 Å². The Morgan fingerprint density at radius 2 is 1.74 bits per heavy atom. The molecule has 0 saturated heterocycles. The number of carbonyl (C=O) groups excluding carboxylic acids is 1. The summed E-state index contributed by atoms with van der Waals surface area (Å²) in [6, 6.07) is 15.0. The molecule has 0 saturated carbocycles. The van der Waals surface area contributed by atoms with Gasteiger partial charge in [0.2, 0.25) is 0 Å². The number of halogens is 2. The predicted octanol–water partition coefficient (Wildman–Crippen LogP) is 5.87. The summed E-state index contributed by atoms with van der Waals surface area (Å²) in [6.07, 6.45) is 1.84. The van der Waals surface area contributed by atoms with Gasteiger partial charge in [0, 0.05) is 39.4 Å². The summed E-state index contributed by atoms with van der Waals surface area (Å²) in [5.74, 6) is 0.199. The lowest BCUT2D eigenvalue weighted by Crippen LogP contribution is -2.36. The van der Waals surface area contributed by atoms with E-state index in [4.69, 9.17) is 23.2 Å². The second-order valence-electron chi connectivity index (χ2n) is 8.34. The minimum absolute atomic E-state index is 0.187. The first-order chi connectivity index (χ1) is 16.9. The SMILES string of the molecule is Cc1cc(C)nc(SCc2c(C(=O)N3CCCc4ccccc43)nnn2-c2cc(Cl)cc(Cl)c2)n1. The molecule has 1 aliphatic rings. The van der Waals surface area contributed by atoms with E-state index in [9.17, 15) is 4.79 Å². The van der Waals surface area contributed by atoms with Crippen LogP contribution < -0.4 is 4.90 Å². The Morgan fingerprint density at radius 3 is 2.49 bits per heavy atom. The number of rotatable bonds is 5. The third-order valence-corrected chi connectivity index (χ3v) is 7.01. The summed E-state index contributed by atoms with van der Waals surface area (Å²) in [6.45, 7) is 4.49. The molecule has 35 heavy (non-hydrogen) atoms. The molecule has 0 radical (unpaired) electrons. The van der Waals surface area contributed by atoms with Crippen molar-refractivity contribution in [1.82, 2.24) is 25.0 Å². The zero-order valence-corrected chi connectivity index (χ0v) is 21.5. The number of thioether (sulfide) groups is 1. The molecule has 0 atom stereocenters. The standard InChI is InChI=1S/C25H22Cl2N6OS/c1-15-10-16(2)29-25(28-15)35-14-22-23(30-31-33(22)20-12-18(26)11-19(27)13-20)24(34)32-9-5-7-17-6-3-4-8-21(17)32/h3-4,6,8,10-13H,5,7,9,14H2,1-2H3. The Balaban J connectivity index is 1.56. The summed E-state index contributed by atoms with van der Waals surface area (Å²) >= 11 is 14.0. The Labute approximate surface area is 217 Å². The Bertz CT molecular complexity index is 1380.